The van der Waals surface area contributed by atoms with Crippen molar-refractivity contribution in [3.63, 3.8) is 0 Å². The Labute approximate surface area is 158 Å². The maximum atomic E-state index is 3.17. The Hall–Kier alpha value is -2.58. The van der Waals surface area contributed by atoms with E-state index in [-0.39, 0.29) is 0 Å². The minimum Gasteiger partial charge on any atom is -0.203 e. The predicted octanol–water partition coefficient (Wildman–Crippen LogP) is 3.93. The van der Waals surface area contributed by atoms with Crippen LogP contribution in [0, 0.1) is 37.5 Å². The van der Waals surface area contributed by atoms with E-state index in [4.69, 9.17) is 0 Å². The maximum Gasteiger partial charge on any atom is 0.178 e. The first-order valence-electron chi connectivity index (χ1n) is 9.63. The second kappa shape index (κ2) is 11.9. The van der Waals surface area contributed by atoms with Crippen molar-refractivity contribution < 1.29 is 9.13 Å². The largest absolute Gasteiger partial charge is 0.203 e. The molecule has 0 radical (unpaired) electrons. The zero-order chi connectivity index (χ0) is 18.5. The van der Waals surface area contributed by atoms with Crippen molar-refractivity contribution >= 4 is 0 Å². The molecule has 26 heavy (non-hydrogen) atoms. The lowest BCUT2D eigenvalue weighted by atomic mass is 10.2. The molecule has 0 aliphatic carbocycles. The van der Waals surface area contributed by atoms with Gasteiger partial charge in [-0.25, -0.2) is 9.13 Å². The fourth-order valence-electron chi connectivity index (χ4n) is 2.83. The topological polar surface area (TPSA) is 7.76 Å². The normalized spacial score (nSPS) is 9.77. The number of aryl methyl sites for hydroxylation is 4. The number of pyridine rings is 2. The number of hydrogen-bond donors (Lipinski definition) is 0. The SMILES string of the molecule is Cc1cccc[n+]1CCCCC#CC#CCCCC[n+]1ccccc1C. The van der Waals surface area contributed by atoms with Gasteiger partial charge in [-0.1, -0.05) is 24.0 Å². The standard InChI is InChI=1S/C24H30N2/c1-23-17-11-15-21-25(23)19-13-9-7-5-3-4-6-8-10-14-20-26-22-16-12-18-24(26)2/h11-12,15-18,21-22H,7-10,13-14,19-20H2,1-2H3/q+2. The van der Waals surface area contributed by atoms with Crippen molar-refractivity contribution in [2.45, 2.75) is 65.5 Å². The van der Waals surface area contributed by atoms with Gasteiger partial charge in [0, 0.05) is 63.8 Å². The third-order valence-corrected chi connectivity index (χ3v) is 4.48. The lowest BCUT2D eigenvalue weighted by Gasteiger charge is -1.98. The molecule has 2 aromatic rings. The number of hydrogen-bond acceptors (Lipinski definition) is 0. The number of rotatable bonds is 8. The molecule has 0 amide bonds. The van der Waals surface area contributed by atoms with Crippen LogP contribution in [0.4, 0.5) is 0 Å². The fraction of sp³-hybridized carbons (Fsp3) is 0.417. The highest BCUT2D eigenvalue weighted by atomic mass is 14.9. The Morgan fingerprint density at radius 3 is 1.54 bits per heavy atom. The van der Waals surface area contributed by atoms with E-state index in [1.54, 1.807) is 0 Å². The van der Waals surface area contributed by atoms with Crippen molar-refractivity contribution in [3.8, 4) is 23.7 Å². The Balaban J connectivity index is 1.52. The molecule has 2 heterocycles. The molecule has 0 atom stereocenters. The van der Waals surface area contributed by atoms with Crippen molar-refractivity contribution in [2.75, 3.05) is 0 Å². The van der Waals surface area contributed by atoms with Crippen LogP contribution in [0.15, 0.2) is 48.8 Å². The van der Waals surface area contributed by atoms with Gasteiger partial charge in [-0.3, -0.25) is 0 Å². The molecule has 0 N–H and O–H groups in total. The predicted molar refractivity (Wildman–Crippen MR) is 106 cm³/mol. The number of nitrogens with zero attached hydrogens (tertiary/aromatic N) is 2. The van der Waals surface area contributed by atoms with Gasteiger partial charge in [-0.15, -0.1) is 0 Å². The second-order valence-corrected chi connectivity index (χ2v) is 6.59. The van der Waals surface area contributed by atoms with Crippen LogP contribution in [0.5, 0.6) is 0 Å². The van der Waals surface area contributed by atoms with Crippen LogP contribution >= 0.6 is 0 Å². The van der Waals surface area contributed by atoms with Crippen LogP contribution < -0.4 is 9.13 Å². The molecule has 0 aliphatic rings. The van der Waals surface area contributed by atoms with Gasteiger partial charge in [0.1, 0.15) is 13.1 Å². The van der Waals surface area contributed by atoms with Crippen molar-refractivity contribution in [1.29, 1.82) is 0 Å². The molecule has 2 heteroatoms. The van der Waals surface area contributed by atoms with E-state index in [9.17, 15) is 0 Å². The first-order valence-corrected chi connectivity index (χ1v) is 9.63. The first kappa shape index (κ1) is 19.7. The number of aromatic nitrogens is 2. The highest BCUT2D eigenvalue weighted by Crippen LogP contribution is 1.97. The molecule has 0 aliphatic heterocycles. The van der Waals surface area contributed by atoms with Crippen LogP contribution in [-0.4, -0.2) is 0 Å². The lowest BCUT2D eigenvalue weighted by Crippen LogP contribution is -2.36. The van der Waals surface area contributed by atoms with Crippen LogP contribution in [0.2, 0.25) is 0 Å². The third kappa shape index (κ3) is 7.54. The summed E-state index contributed by atoms with van der Waals surface area (Å²) in [5, 5.41) is 0. The summed E-state index contributed by atoms with van der Waals surface area (Å²) in [5.41, 5.74) is 2.62. The Morgan fingerprint density at radius 1 is 0.654 bits per heavy atom. The summed E-state index contributed by atoms with van der Waals surface area (Å²) in [5.74, 6) is 12.3. The van der Waals surface area contributed by atoms with E-state index < -0.39 is 0 Å². The third-order valence-electron chi connectivity index (χ3n) is 4.48. The van der Waals surface area contributed by atoms with Crippen molar-refractivity contribution in [2.24, 2.45) is 0 Å². The van der Waals surface area contributed by atoms with Gasteiger partial charge >= 0.3 is 0 Å². The molecule has 0 fully saturated rings. The monoisotopic (exact) mass is 346 g/mol. The van der Waals surface area contributed by atoms with E-state index in [2.05, 4.69) is 95.5 Å². The van der Waals surface area contributed by atoms with Gasteiger partial charge in [-0.05, 0) is 24.7 Å². The highest BCUT2D eigenvalue weighted by molar-refractivity contribution is 5.25. The molecule has 2 rings (SSSR count). The van der Waals surface area contributed by atoms with E-state index in [1.807, 2.05) is 0 Å². The minimum atomic E-state index is 0.936. The smallest absolute Gasteiger partial charge is 0.178 e. The summed E-state index contributed by atoms with van der Waals surface area (Å²) in [4.78, 5) is 0. The molecule has 2 nitrogen and oxygen atoms in total. The average Bonchev–Trinajstić information content (AvgIpc) is 2.65. The van der Waals surface area contributed by atoms with Crippen LogP contribution in [0.3, 0.4) is 0 Å². The van der Waals surface area contributed by atoms with E-state index in [1.165, 1.54) is 11.4 Å². The van der Waals surface area contributed by atoms with Gasteiger partial charge < -0.3 is 0 Å². The van der Waals surface area contributed by atoms with Gasteiger partial charge in [-0.2, -0.15) is 0 Å². The van der Waals surface area contributed by atoms with Crippen LogP contribution in [0.1, 0.15) is 49.9 Å². The summed E-state index contributed by atoms with van der Waals surface area (Å²) in [7, 11) is 0. The van der Waals surface area contributed by atoms with Crippen LogP contribution in [0.25, 0.3) is 0 Å². The summed E-state index contributed by atoms with van der Waals surface area (Å²) in [6.45, 7) is 6.43. The van der Waals surface area contributed by atoms with E-state index >= 15 is 0 Å². The van der Waals surface area contributed by atoms with Gasteiger partial charge in [0.2, 0.25) is 0 Å². The van der Waals surface area contributed by atoms with E-state index in [0.717, 1.165) is 51.6 Å². The molecular weight excluding hydrogens is 316 g/mol. The highest BCUT2D eigenvalue weighted by Gasteiger charge is 2.03. The quantitative estimate of drug-likeness (QED) is 0.389. The van der Waals surface area contributed by atoms with Crippen LogP contribution in [-0.2, 0) is 13.1 Å². The second-order valence-electron chi connectivity index (χ2n) is 6.59. The molecule has 0 unspecified atom stereocenters. The molecule has 134 valence electrons. The maximum absolute atomic E-state index is 3.17. The fourth-order valence-corrected chi connectivity index (χ4v) is 2.83. The summed E-state index contributed by atoms with van der Waals surface area (Å²) < 4.78 is 4.59. The van der Waals surface area contributed by atoms with E-state index in [0.29, 0.717) is 0 Å². The zero-order valence-electron chi connectivity index (χ0n) is 16.2. The molecular formula is C24H30N2+2. The number of unbranched alkanes of at least 4 members (excludes halogenated alkanes) is 4. The van der Waals surface area contributed by atoms with Crippen molar-refractivity contribution in [1.82, 2.24) is 0 Å². The summed E-state index contributed by atoms with van der Waals surface area (Å²) in [6, 6.07) is 12.6. The van der Waals surface area contributed by atoms with Crippen molar-refractivity contribution in [3.05, 3.63) is 60.2 Å². The minimum absolute atomic E-state index is 0.936. The Kier molecular flexibility index (Phi) is 9.02. The molecule has 0 aromatic carbocycles. The zero-order valence-corrected chi connectivity index (χ0v) is 16.2. The molecule has 0 saturated heterocycles. The Bertz CT molecular complexity index is 730. The van der Waals surface area contributed by atoms with Gasteiger partial charge in [0.25, 0.3) is 0 Å². The summed E-state index contributed by atoms with van der Waals surface area (Å²) >= 11 is 0. The molecule has 0 saturated carbocycles. The van der Waals surface area contributed by atoms with Gasteiger partial charge in [0.15, 0.2) is 23.8 Å². The summed E-state index contributed by atoms with van der Waals surface area (Å²) in [6.07, 6.45) is 10.7. The first-order chi connectivity index (χ1) is 12.8. The lowest BCUT2D eigenvalue weighted by molar-refractivity contribution is -0.703. The Morgan fingerprint density at radius 2 is 1.12 bits per heavy atom. The molecule has 0 spiro atoms. The average molecular weight is 347 g/mol. The van der Waals surface area contributed by atoms with Gasteiger partial charge in [0.05, 0.1) is 0 Å². The molecule has 0 bridgehead atoms. The molecule has 2 aromatic heterocycles.